The molecule has 1 aliphatic rings. The summed E-state index contributed by atoms with van der Waals surface area (Å²) in [4.78, 5) is 42.6. The lowest BCUT2D eigenvalue weighted by Crippen LogP contribution is -2.55. The van der Waals surface area contributed by atoms with E-state index in [1.807, 2.05) is 38.1 Å². The zero-order chi connectivity index (χ0) is 28.9. The molecule has 1 saturated carbocycles. The van der Waals surface area contributed by atoms with E-state index < -0.39 is 23.8 Å². The largest absolute Gasteiger partial charge is 0.497 e. The van der Waals surface area contributed by atoms with Crippen LogP contribution in [0.3, 0.4) is 0 Å². The standard InChI is InChI=1S/C31H41N3O5/c1-9-21-11-10-12-22(18-21)27(28(35)32-23-13-15-24(38-8)16-14-23)34(25-17-20(25)4)29(36)26(19(2)3)33-30(37)39-31(5,6)7/h9-16,18-20,25-27H,1,17H2,2-8H3,(H,32,35)(H,33,37). The number of hydrogen-bond donors (Lipinski definition) is 2. The molecule has 0 heterocycles. The van der Waals surface area contributed by atoms with E-state index >= 15 is 0 Å². The Labute approximate surface area is 231 Å². The monoisotopic (exact) mass is 535 g/mol. The molecule has 8 heteroatoms. The minimum Gasteiger partial charge on any atom is -0.497 e. The molecule has 3 amide bonds. The second-order valence-electron chi connectivity index (χ2n) is 11.4. The quantitative estimate of drug-likeness (QED) is 0.401. The van der Waals surface area contributed by atoms with Crippen LogP contribution in [0.1, 0.15) is 65.1 Å². The van der Waals surface area contributed by atoms with Crippen molar-refractivity contribution < 1.29 is 23.9 Å². The zero-order valence-electron chi connectivity index (χ0n) is 24.0. The van der Waals surface area contributed by atoms with E-state index in [0.29, 0.717) is 17.0 Å². The number of methoxy groups -OCH3 is 1. The molecule has 4 unspecified atom stereocenters. The SMILES string of the molecule is C=Cc1cccc(C(C(=O)Nc2ccc(OC)cc2)N(C(=O)C(NC(=O)OC(C)(C)C)C(C)C)C2CC2C)c1. The molecule has 2 aromatic carbocycles. The molecule has 2 aromatic rings. The first-order valence-corrected chi connectivity index (χ1v) is 13.3. The summed E-state index contributed by atoms with van der Waals surface area (Å²) in [6.07, 6.45) is 1.79. The van der Waals surface area contributed by atoms with Crippen LogP contribution < -0.4 is 15.4 Å². The van der Waals surface area contributed by atoms with Crippen molar-refractivity contribution in [3.05, 3.63) is 66.2 Å². The molecule has 8 nitrogen and oxygen atoms in total. The molecule has 1 fully saturated rings. The number of nitrogens with one attached hydrogen (secondary N) is 2. The first kappa shape index (κ1) is 29.7. The molecule has 3 rings (SSSR count). The number of nitrogens with zero attached hydrogens (tertiary/aromatic N) is 1. The number of amides is 3. The number of benzene rings is 2. The molecule has 0 aliphatic heterocycles. The van der Waals surface area contributed by atoms with E-state index in [0.717, 1.165) is 12.0 Å². The van der Waals surface area contributed by atoms with Crippen molar-refractivity contribution in [2.45, 2.75) is 71.7 Å². The Kier molecular flexibility index (Phi) is 9.43. The molecule has 0 saturated heterocycles. The molecule has 4 atom stereocenters. The lowest BCUT2D eigenvalue weighted by Gasteiger charge is -2.36. The summed E-state index contributed by atoms with van der Waals surface area (Å²) in [5.41, 5.74) is 1.35. The molecular weight excluding hydrogens is 494 g/mol. The molecule has 39 heavy (non-hydrogen) atoms. The van der Waals surface area contributed by atoms with Gasteiger partial charge in [-0.15, -0.1) is 0 Å². The van der Waals surface area contributed by atoms with Crippen molar-refractivity contribution in [2.75, 3.05) is 12.4 Å². The Balaban J connectivity index is 2.03. The minimum absolute atomic E-state index is 0.154. The van der Waals surface area contributed by atoms with Gasteiger partial charge in [-0.25, -0.2) is 4.79 Å². The third-order valence-electron chi connectivity index (χ3n) is 6.63. The van der Waals surface area contributed by atoms with Gasteiger partial charge < -0.3 is 25.0 Å². The van der Waals surface area contributed by atoms with Gasteiger partial charge in [0.1, 0.15) is 23.4 Å². The van der Waals surface area contributed by atoms with Gasteiger partial charge in [0.05, 0.1) is 7.11 Å². The van der Waals surface area contributed by atoms with Crippen LogP contribution in [0, 0.1) is 11.8 Å². The van der Waals surface area contributed by atoms with Crippen molar-refractivity contribution in [3.8, 4) is 5.75 Å². The molecule has 0 radical (unpaired) electrons. The lowest BCUT2D eigenvalue weighted by atomic mass is 9.97. The Bertz CT molecular complexity index is 1190. The predicted octanol–water partition coefficient (Wildman–Crippen LogP) is 5.80. The summed E-state index contributed by atoms with van der Waals surface area (Å²) < 4.78 is 10.7. The van der Waals surface area contributed by atoms with Crippen molar-refractivity contribution in [3.63, 3.8) is 0 Å². The number of anilines is 1. The summed E-state index contributed by atoms with van der Waals surface area (Å²) in [7, 11) is 1.58. The van der Waals surface area contributed by atoms with Crippen LogP contribution in [0.25, 0.3) is 6.08 Å². The average molecular weight is 536 g/mol. The van der Waals surface area contributed by atoms with Gasteiger partial charge in [-0.05, 0) is 80.5 Å². The predicted molar refractivity (Wildman–Crippen MR) is 153 cm³/mol. The van der Waals surface area contributed by atoms with Crippen molar-refractivity contribution in [1.82, 2.24) is 10.2 Å². The summed E-state index contributed by atoms with van der Waals surface area (Å²) in [5, 5.41) is 5.74. The summed E-state index contributed by atoms with van der Waals surface area (Å²) in [6, 6.07) is 12.5. The van der Waals surface area contributed by atoms with Crippen LogP contribution in [0.5, 0.6) is 5.75 Å². The van der Waals surface area contributed by atoms with Crippen LogP contribution in [0.4, 0.5) is 10.5 Å². The van der Waals surface area contributed by atoms with E-state index in [1.165, 1.54) is 0 Å². The summed E-state index contributed by atoms with van der Waals surface area (Å²) in [6.45, 7) is 14.9. The summed E-state index contributed by atoms with van der Waals surface area (Å²) >= 11 is 0. The van der Waals surface area contributed by atoms with Crippen molar-refractivity contribution in [2.24, 2.45) is 11.8 Å². The van der Waals surface area contributed by atoms with Crippen LogP contribution in [-0.2, 0) is 14.3 Å². The lowest BCUT2D eigenvalue weighted by molar-refractivity contribution is -0.142. The second kappa shape index (κ2) is 12.4. The van der Waals surface area contributed by atoms with Crippen LogP contribution in [0.2, 0.25) is 0 Å². The Hall–Kier alpha value is -3.81. The Morgan fingerprint density at radius 2 is 1.74 bits per heavy atom. The van der Waals surface area contributed by atoms with Gasteiger partial charge in [-0.2, -0.15) is 0 Å². The van der Waals surface area contributed by atoms with E-state index in [2.05, 4.69) is 24.1 Å². The number of hydrogen-bond acceptors (Lipinski definition) is 5. The van der Waals surface area contributed by atoms with Gasteiger partial charge in [-0.3, -0.25) is 9.59 Å². The number of rotatable bonds is 10. The van der Waals surface area contributed by atoms with Gasteiger partial charge in [0, 0.05) is 11.7 Å². The fourth-order valence-corrected chi connectivity index (χ4v) is 4.46. The third-order valence-corrected chi connectivity index (χ3v) is 6.63. The highest BCUT2D eigenvalue weighted by Crippen LogP contribution is 2.41. The molecular formula is C31H41N3O5. The highest BCUT2D eigenvalue weighted by atomic mass is 16.6. The van der Waals surface area contributed by atoms with Crippen molar-refractivity contribution >= 4 is 29.7 Å². The van der Waals surface area contributed by atoms with Gasteiger partial charge >= 0.3 is 6.09 Å². The zero-order valence-corrected chi connectivity index (χ0v) is 24.0. The summed E-state index contributed by atoms with van der Waals surface area (Å²) in [5.74, 6) is -0.0499. The van der Waals surface area contributed by atoms with Gasteiger partial charge in [0.25, 0.3) is 5.91 Å². The molecule has 1 aliphatic carbocycles. The van der Waals surface area contributed by atoms with Gasteiger partial charge in [0.2, 0.25) is 5.91 Å². The average Bonchev–Trinajstić information content (AvgIpc) is 3.60. The maximum atomic E-state index is 14.3. The van der Waals surface area contributed by atoms with E-state index in [-0.39, 0.29) is 29.7 Å². The number of alkyl carbamates (subject to hydrolysis) is 1. The number of carbonyl (C=O) groups is 3. The van der Waals surface area contributed by atoms with Crippen molar-refractivity contribution in [1.29, 1.82) is 0 Å². The molecule has 210 valence electrons. The topological polar surface area (TPSA) is 97.0 Å². The minimum atomic E-state index is -0.934. The van der Waals surface area contributed by atoms with Gasteiger partial charge in [0.15, 0.2) is 0 Å². The maximum Gasteiger partial charge on any atom is 0.408 e. The molecule has 2 N–H and O–H groups in total. The Morgan fingerprint density at radius 3 is 2.26 bits per heavy atom. The highest BCUT2D eigenvalue weighted by molar-refractivity contribution is 5.99. The normalized spacial score (nSPS) is 17.9. The fraction of sp³-hybridized carbons (Fsp3) is 0.452. The second-order valence-corrected chi connectivity index (χ2v) is 11.4. The smallest absolute Gasteiger partial charge is 0.408 e. The number of carbonyl (C=O) groups excluding carboxylic acids is 3. The highest BCUT2D eigenvalue weighted by Gasteiger charge is 2.48. The van der Waals surface area contributed by atoms with Gasteiger partial charge in [-0.1, -0.05) is 51.6 Å². The van der Waals surface area contributed by atoms with E-state index in [9.17, 15) is 14.4 Å². The number of ether oxygens (including phenoxy) is 2. The van der Waals surface area contributed by atoms with Crippen LogP contribution in [0.15, 0.2) is 55.1 Å². The third kappa shape index (κ3) is 7.85. The van der Waals surface area contributed by atoms with E-state index in [4.69, 9.17) is 9.47 Å². The molecule has 0 spiro atoms. The van der Waals surface area contributed by atoms with E-state index in [1.54, 1.807) is 63.1 Å². The first-order valence-electron chi connectivity index (χ1n) is 13.3. The molecule has 0 aromatic heterocycles. The first-order chi connectivity index (χ1) is 18.3. The van der Waals surface area contributed by atoms with Crippen LogP contribution >= 0.6 is 0 Å². The molecule has 0 bridgehead atoms. The van der Waals surface area contributed by atoms with Crippen LogP contribution in [-0.4, -0.2) is 47.6 Å². The fourth-order valence-electron chi connectivity index (χ4n) is 4.46. The Morgan fingerprint density at radius 1 is 1.10 bits per heavy atom. The maximum absolute atomic E-state index is 14.3.